The Bertz CT molecular complexity index is 486. The number of nitrogens with one attached hydrogen (secondary N) is 2. The summed E-state index contributed by atoms with van der Waals surface area (Å²) >= 11 is 3.42. The molecular weight excluding hydrogens is 354 g/mol. The van der Waals surface area contributed by atoms with Crippen LogP contribution in [-0.4, -0.2) is 37.1 Å². The molecule has 0 aromatic heterocycles. The van der Waals surface area contributed by atoms with Crippen molar-refractivity contribution in [2.75, 3.05) is 26.2 Å². The van der Waals surface area contributed by atoms with Gasteiger partial charge in [-0.1, -0.05) is 41.4 Å². The molecule has 4 nitrogen and oxygen atoms in total. The first-order chi connectivity index (χ1) is 11.0. The highest BCUT2D eigenvalue weighted by Crippen LogP contribution is 2.16. The lowest BCUT2D eigenvalue weighted by Gasteiger charge is -2.29. The lowest BCUT2D eigenvalue weighted by atomic mass is 10.1. The van der Waals surface area contributed by atoms with Gasteiger partial charge in [-0.05, 0) is 56.5 Å². The quantitative estimate of drug-likeness (QED) is 0.783. The van der Waals surface area contributed by atoms with E-state index in [-0.39, 0.29) is 12.1 Å². The number of likely N-dealkylation sites (tertiary alicyclic amines) is 1. The first kappa shape index (κ1) is 18.3. The number of piperidine rings is 1. The fraction of sp³-hybridized carbons (Fsp3) is 0.611. The van der Waals surface area contributed by atoms with Crippen molar-refractivity contribution >= 4 is 22.0 Å². The highest BCUT2D eigenvalue weighted by atomic mass is 79.9. The van der Waals surface area contributed by atoms with E-state index in [0.29, 0.717) is 5.92 Å². The Kier molecular flexibility index (Phi) is 7.37. The normalized spacial score (nSPS) is 18.2. The lowest BCUT2D eigenvalue weighted by Crippen LogP contribution is -2.42. The van der Waals surface area contributed by atoms with Crippen LogP contribution in [0.15, 0.2) is 28.7 Å². The van der Waals surface area contributed by atoms with Gasteiger partial charge in [0.2, 0.25) is 0 Å². The number of halogens is 1. The summed E-state index contributed by atoms with van der Waals surface area (Å²) in [4.78, 5) is 14.6. The number of rotatable bonds is 6. The summed E-state index contributed by atoms with van der Waals surface area (Å²) in [5, 5.41) is 5.99. The fourth-order valence-electron chi connectivity index (χ4n) is 3.00. The van der Waals surface area contributed by atoms with Crippen LogP contribution in [-0.2, 0) is 0 Å². The van der Waals surface area contributed by atoms with E-state index in [1.54, 1.807) is 0 Å². The summed E-state index contributed by atoms with van der Waals surface area (Å²) in [6.45, 7) is 8.40. The zero-order valence-electron chi connectivity index (χ0n) is 14.1. The molecule has 2 rings (SSSR count). The second-order valence-corrected chi connectivity index (χ2v) is 7.51. The highest BCUT2D eigenvalue weighted by Gasteiger charge is 2.15. The zero-order chi connectivity index (χ0) is 16.7. The molecule has 1 aromatic rings. The number of urea groups is 1. The van der Waals surface area contributed by atoms with Crippen LogP contribution >= 0.6 is 15.9 Å². The Morgan fingerprint density at radius 1 is 1.17 bits per heavy atom. The van der Waals surface area contributed by atoms with Crippen LogP contribution in [0.25, 0.3) is 0 Å². The van der Waals surface area contributed by atoms with Crippen LogP contribution < -0.4 is 10.6 Å². The number of benzene rings is 1. The average Bonchev–Trinajstić information content (AvgIpc) is 2.54. The van der Waals surface area contributed by atoms with Gasteiger partial charge in [-0.15, -0.1) is 0 Å². The Labute approximate surface area is 148 Å². The number of hydrogen-bond donors (Lipinski definition) is 2. The molecule has 2 amide bonds. The largest absolute Gasteiger partial charge is 0.338 e. The number of carbonyl (C=O) groups excluding carboxylic acids is 1. The molecule has 1 aliphatic rings. The first-order valence-corrected chi connectivity index (χ1v) is 9.36. The number of carbonyl (C=O) groups is 1. The SMILES string of the molecule is CC(CNC(=O)NC(C)c1ccc(Br)cc1)CN1CCCCC1. The molecule has 1 aliphatic heterocycles. The van der Waals surface area contributed by atoms with E-state index in [4.69, 9.17) is 0 Å². The van der Waals surface area contributed by atoms with Crippen molar-refractivity contribution in [2.24, 2.45) is 5.92 Å². The summed E-state index contributed by atoms with van der Waals surface area (Å²) in [5.74, 6) is 0.474. The molecule has 2 N–H and O–H groups in total. The van der Waals surface area contributed by atoms with Gasteiger partial charge >= 0.3 is 6.03 Å². The third-order valence-electron chi connectivity index (χ3n) is 4.35. The molecule has 0 aliphatic carbocycles. The van der Waals surface area contributed by atoms with Gasteiger partial charge in [0.25, 0.3) is 0 Å². The molecule has 2 unspecified atom stereocenters. The van der Waals surface area contributed by atoms with E-state index >= 15 is 0 Å². The molecular formula is C18H28BrN3O. The van der Waals surface area contributed by atoms with E-state index in [9.17, 15) is 4.79 Å². The minimum Gasteiger partial charge on any atom is -0.338 e. The fourth-order valence-corrected chi connectivity index (χ4v) is 3.26. The van der Waals surface area contributed by atoms with Crippen molar-refractivity contribution in [3.8, 4) is 0 Å². The van der Waals surface area contributed by atoms with Gasteiger partial charge in [-0.3, -0.25) is 0 Å². The van der Waals surface area contributed by atoms with E-state index in [1.807, 2.05) is 31.2 Å². The molecule has 5 heteroatoms. The molecule has 0 spiro atoms. The zero-order valence-corrected chi connectivity index (χ0v) is 15.7. The minimum atomic E-state index is -0.0917. The molecule has 1 fully saturated rings. The van der Waals surface area contributed by atoms with Crippen LogP contribution in [0.5, 0.6) is 0 Å². The van der Waals surface area contributed by atoms with Crippen molar-refractivity contribution in [3.05, 3.63) is 34.3 Å². The maximum atomic E-state index is 12.0. The number of nitrogens with zero attached hydrogens (tertiary/aromatic N) is 1. The van der Waals surface area contributed by atoms with E-state index in [2.05, 4.69) is 38.4 Å². The third-order valence-corrected chi connectivity index (χ3v) is 4.88. The van der Waals surface area contributed by atoms with E-state index in [0.717, 1.165) is 23.1 Å². The molecule has 128 valence electrons. The van der Waals surface area contributed by atoms with Crippen LogP contribution in [0.2, 0.25) is 0 Å². The van der Waals surface area contributed by atoms with Crippen molar-refractivity contribution in [2.45, 2.75) is 39.2 Å². The molecule has 0 saturated carbocycles. The Morgan fingerprint density at radius 2 is 1.83 bits per heavy atom. The summed E-state index contributed by atoms with van der Waals surface area (Å²) < 4.78 is 1.05. The second-order valence-electron chi connectivity index (χ2n) is 6.59. The van der Waals surface area contributed by atoms with Gasteiger partial charge in [0.1, 0.15) is 0 Å². The first-order valence-electron chi connectivity index (χ1n) is 8.57. The Balaban J connectivity index is 1.68. The van der Waals surface area contributed by atoms with Gasteiger partial charge in [0.15, 0.2) is 0 Å². The molecule has 2 atom stereocenters. The Hall–Kier alpha value is -1.07. The van der Waals surface area contributed by atoms with Gasteiger partial charge in [-0.2, -0.15) is 0 Å². The average molecular weight is 382 g/mol. The standard InChI is InChI=1S/C18H28BrN3O/c1-14(13-22-10-4-3-5-11-22)12-20-18(23)21-15(2)16-6-8-17(19)9-7-16/h6-9,14-15H,3-5,10-13H2,1-2H3,(H2,20,21,23). The topological polar surface area (TPSA) is 44.4 Å². The van der Waals surface area contributed by atoms with Gasteiger partial charge < -0.3 is 15.5 Å². The lowest BCUT2D eigenvalue weighted by molar-refractivity contribution is 0.197. The maximum absolute atomic E-state index is 12.0. The molecule has 23 heavy (non-hydrogen) atoms. The second kappa shape index (κ2) is 9.28. The smallest absolute Gasteiger partial charge is 0.315 e. The Morgan fingerprint density at radius 3 is 2.48 bits per heavy atom. The summed E-state index contributed by atoms with van der Waals surface area (Å²) in [5.41, 5.74) is 1.10. The minimum absolute atomic E-state index is 0.000464. The summed E-state index contributed by atoms with van der Waals surface area (Å²) in [6.07, 6.45) is 3.98. The van der Waals surface area contributed by atoms with Crippen molar-refractivity contribution in [3.63, 3.8) is 0 Å². The van der Waals surface area contributed by atoms with E-state index < -0.39 is 0 Å². The van der Waals surface area contributed by atoms with Crippen molar-refractivity contribution < 1.29 is 4.79 Å². The van der Waals surface area contributed by atoms with Crippen molar-refractivity contribution in [1.29, 1.82) is 0 Å². The number of hydrogen-bond acceptors (Lipinski definition) is 2. The number of amides is 2. The van der Waals surface area contributed by atoms with Crippen LogP contribution in [0.3, 0.4) is 0 Å². The summed E-state index contributed by atoms with van der Waals surface area (Å²) in [6, 6.07) is 7.94. The highest BCUT2D eigenvalue weighted by molar-refractivity contribution is 9.10. The predicted molar refractivity (Wildman–Crippen MR) is 98.5 cm³/mol. The monoisotopic (exact) mass is 381 g/mol. The van der Waals surface area contributed by atoms with Crippen LogP contribution in [0.4, 0.5) is 4.79 Å². The van der Waals surface area contributed by atoms with Crippen LogP contribution in [0.1, 0.15) is 44.7 Å². The van der Waals surface area contributed by atoms with E-state index in [1.165, 1.54) is 32.4 Å². The summed E-state index contributed by atoms with van der Waals surface area (Å²) in [7, 11) is 0. The van der Waals surface area contributed by atoms with Crippen LogP contribution in [0, 0.1) is 5.92 Å². The predicted octanol–water partition coefficient (Wildman–Crippen LogP) is 3.93. The third kappa shape index (κ3) is 6.51. The molecule has 1 saturated heterocycles. The molecule has 0 bridgehead atoms. The molecule has 1 heterocycles. The van der Waals surface area contributed by atoms with Crippen molar-refractivity contribution in [1.82, 2.24) is 15.5 Å². The molecule has 0 radical (unpaired) electrons. The maximum Gasteiger partial charge on any atom is 0.315 e. The van der Waals surface area contributed by atoms with Gasteiger partial charge in [0, 0.05) is 17.6 Å². The molecule has 1 aromatic carbocycles. The van der Waals surface area contributed by atoms with Gasteiger partial charge in [0.05, 0.1) is 6.04 Å². The van der Waals surface area contributed by atoms with Gasteiger partial charge in [-0.25, -0.2) is 4.79 Å².